The van der Waals surface area contributed by atoms with Gasteiger partial charge in [0.1, 0.15) is 0 Å². The molecule has 0 heterocycles. The van der Waals surface area contributed by atoms with Crippen molar-refractivity contribution in [1.82, 2.24) is 0 Å². The molecule has 0 amide bonds. The largest absolute Gasteiger partial charge is 0.481 e. The summed E-state index contributed by atoms with van der Waals surface area (Å²) in [7, 11) is 0. The van der Waals surface area contributed by atoms with Gasteiger partial charge in [-0.15, -0.1) is 11.6 Å². The van der Waals surface area contributed by atoms with Gasteiger partial charge >= 0.3 is 5.97 Å². The molecule has 1 rings (SSSR count). The summed E-state index contributed by atoms with van der Waals surface area (Å²) in [6.45, 7) is 0. The molecule has 0 spiro atoms. The predicted molar refractivity (Wildman–Crippen MR) is 57.0 cm³/mol. The normalized spacial score (nSPS) is 10.3. The van der Waals surface area contributed by atoms with Crippen molar-refractivity contribution in [2.75, 3.05) is 0 Å². The zero-order valence-electron chi connectivity index (χ0n) is 8.58. The van der Waals surface area contributed by atoms with E-state index in [9.17, 15) is 13.6 Å². The third-order valence-corrected chi connectivity index (χ3v) is 2.47. The number of aliphatic carboxylic acids is 1. The van der Waals surface area contributed by atoms with Gasteiger partial charge in [0.05, 0.1) is 18.1 Å². The molecule has 0 saturated carbocycles. The maximum Gasteiger partial charge on any atom is 0.307 e. The maximum atomic E-state index is 12.8. The number of hydrogen-bond donors (Lipinski definition) is 1. The van der Waals surface area contributed by atoms with E-state index in [1.54, 1.807) is 6.07 Å². The molecule has 1 aromatic rings. The van der Waals surface area contributed by atoms with E-state index in [0.717, 1.165) is 0 Å². The van der Waals surface area contributed by atoms with Crippen LogP contribution in [0.1, 0.15) is 28.7 Å². The van der Waals surface area contributed by atoms with Gasteiger partial charge in [0, 0.05) is 11.4 Å². The Hall–Kier alpha value is -1.67. The number of benzene rings is 1. The number of nitriles is 1. The summed E-state index contributed by atoms with van der Waals surface area (Å²) in [6.07, 6.45) is -3.44. The molecule has 0 atom stereocenters. The number of halogens is 3. The molecule has 0 aliphatic rings. The van der Waals surface area contributed by atoms with Gasteiger partial charge in [-0.2, -0.15) is 5.26 Å². The zero-order valence-corrected chi connectivity index (χ0v) is 9.34. The lowest BCUT2D eigenvalue weighted by Crippen LogP contribution is -2.07. The summed E-state index contributed by atoms with van der Waals surface area (Å²) in [5, 5.41) is 17.4. The molecule has 0 aliphatic carbocycles. The average Bonchev–Trinajstić information content (AvgIpc) is 2.26. The summed E-state index contributed by atoms with van der Waals surface area (Å²) in [6, 6.07) is 4.18. The average molecular weight is 260 g/mol. The fourth-order valence-electron chi connectivity index (χ4n) is 1.52. The van der Waals surface area contributed by atoms with E-state index >= 15 is 0 Å². The third-order valence-electron chi connectivity index (χ3n) is 2.16. The van der Waals surface area contributed by atoms with Crippen molar-refractivity contribution in [2.24, 2.45) is 0 Å². The van der Waals surface area contributed by atoms with Gasteiger partial charge in [0.25, 0.3) is 6.43 Å². The first-order chi connectivity index (χ1) is 7.99. The monoisotopic (exact) mass is 259 g/mol. The quantitative estimate of drug-likeness (QED) is 0.846. The topological polar surface area (TPSA) is 61.1 Å². The predicted octanol–water partition coefficient (Wildman–Crippen LogP) is 2.86. The number of carboxylic acid groups (broad SMARTS) is 1. The number of rotatable bonds is 4. The molecule has 3 nitrogen and oxygen atoms in total. The molecular weight excluding hydrogens is 252 g/mol. The second kappa shape index (κ2) is 5.60. The van der Waals surface area contributed by atoms with Gasteiger partial charge in [-0.3, -0.25) is 4.79 Å². The molecule has 6 heteroatoms. The van der Waals surface area contributed by atoms with Crippen LogP contribution in [-0.4, -0.2) is 11.1 Å². The molecule has 1 aromatic carbocycles. The first kappa shape index (κ1) is 13.4. The highest BCUT2D eigenvalue weighted by molar-refractivity contribution is 6.17. The Morgan fingerprint density at radius 1 is 1.53 bits per heavy atom. The maximum absolute atomic E-state index is 12.8. The highest BCUT2D eigenvalue weighted by Crippen LogP contribution is 2.29. The molecule has 0 aromatic heterocycles. The molecule has 0 bridgehead atoms. The molecule has 0 unspecified atom stereocenters. The number of hydrogen-bond acceptors (Lipinski definition) is 2. The Labute approximate surface area is 101 Å². The first-order valence-corrected chi connectivity index (χ1v) is 5.14. The van der Waals surface area contributed by atoms with Crippen LogP contribution in [0.25, 0.3) is 0 Å². The Morgan fingerprint density at radius 2 is 2.18 bits per heavy atom. The fraction of sp³-hybridized carbons (Fsp3) is 0.273. The van der Waals surface area contributed by atoms with Crippen molar-refractivity contribution in [3.63, 3.8) is 0 Å². The lowest BCUT2D eigenvalue weighted by molar-refractivity contribution is -0.136. The zero-order chi connectivity index (χ0) is 13.0. The van der Waals surface area contributed by atoms with E-state index in [1.165, 1.54) is 12.1 Å². The molecular formula is C11H8ClF2NO2. The number of carbonyl (C=O) groups is 1. The molecule has 0 saturated heterocycles. The third kappa shape index (κ3) is 3.14. The smallest absolute Gasteiger partial charge is 0.307 e. The standard InChI is InChI=1S/C11H8ClF2NO2/c12-4-6-1-7(3-9(16)17)10(11(13)14)8(2-6)5-15/h1-2,11H,3-4H2,(H,16,17). The SMILES string of the molecule is N#Cc1cc(CCl)cc(CC(=O)O)c1C(F)F. The highest BCUT2D eigenvalue weighted by Gasteiger charge is 2.20. The number of alkyl halides is 3. The lowest BCUT2D eigenvalue weighted by atomic mass is 9.97. The van der Waals surface area contributed by atoms with Crippen LogP contribution in [0.2, 0.25) is 0 Å². The minimum Gasteiger partial charge on any atom is -0.481 e. The van der Waals surface area contributed by atoms with Crippen LogP contribution >= 0.6 is 11.6 Å². The van der Waals surface area contributed by atoms with E-state index in [2.05, 4.69) is 0 Å². The van der Waals surface area contributed by atoms with Crippen LogP contribution in [0, 0.1) is 11.3 Å². The van der Waals surface area contributed by atoms with Crippen LogP contribution in [0.5, 0.6) is 0 Å². The van der Waals surface area contributed by atoms with Gasteiger partial charge in [-0.25, -0.2) is 8.78 Å². The Balaban J connectivity index is 3.41. The molecule has 0 radical (unpaired) electrons. The summed E-state index contributed by atoms with van der Waals surface area (Å²) in [5.41, 5.74) is -0.371. The number of nitrogens with zero attached hydrogens (tertiary/aromatic N) is 1. The summed E-state index contributed by atoms with van der Waals surface area (Å²) >= 11 is 5.55. The van der Waals surface area contributed by atoms with Crippen LogP contribution in [-0.2, 0) is 17.1 Å². The van der Waals surface area contributed by atoms with E-state index in [1.807, 2.05) is 0 Å². The first-order valence-electron chi connectivity index (χ1n) is 4.61. The minimum absolute atomic E-state index is 0.0326. The van der Waals surface area contributed by atoms with Gasteiger partial charge in [-0.05, 0) is 17.2 Å². The van der Waals surface area contributed by atoms with E-state index in [-0.39, 0.29) is 17.0 Å². The Morgan fingerprint density at radius 3 is 2.59 bits per heavy atom. The van der Waals surface area contributed by atoms with Gasteiger partial charge in [0.15, 0.2) is 0 Å². The summed E-state index contributed by atoms with van der Waals surface area (Å²) < 4.78 is 25.6. The van der Waals surface area contributed by atoms with Crippen molar-refractivity contribution in [3.05, 3.63) is 34.4 Å². The summed E-state index contributed by atoms with van der Waals surface area (Å²) in [5.74, 6) is -1.20. The molecule has 17 heavy (non-hydrogen) atoms. The van der Waals surface area contributed by atoms with Gasteiger partial charge < -0.3 is 5.11 Å². The molecule has 90 valence electrons. The van der Waals surface area contributed by atoms with E-state index in [0.29, 0.717) is 5.56 Å². The lowest BCUT2D eigenvalue weighted by Gasteiger charge is -2.11. The van der Waals surface area contributed by atoms with Gasteiger partial charge in [-0.1, -0.05) is 6.07 Å². The van der Waals surface area contributed by atoms with Crippen molar-refractivity contribution in [1.29, 1.82) is 5.26 Å². The molecule has 0 aliphatic heterocycles. The van der Waals surface area contributed by atoms with Crippen molar-refractivity contribution >= 4 is 17.6 Å². The van der Waals surface area contributed by atoms with Crippen LogP contribution in [0.4, 0.5) is 8.78 Å². The van der Waals surface area contributed by atoms with Crippen LogP contribution < -0.4 is 0 Å². The van der Waals surface area contributed by atoms with Crippen molar-refractivity contribution in [3.8, 4) is 6.07 Å². The minimum atomic E-state index is -2.89. The van der Waals surface area contributed by atoms with E-state index < -0.39 is 24.4 Å². The highest BCUT2D eigenvalue weighted by atomic mass is 35.5. The fourth-order valence-corrected chi connectivity index (χ4v) is 1.67. The summed E-state index contributed by atoms with van der Waals surface area (Å²) in [4.78, 5) is 10.6. The number of carboxylic acids is 1. The van der Waals surface area contributed by atoms with Crippen LogP contribution in [0.3, 0.4) is 0 Å². The molecule has 0 fully saturated rings. The van der Waals surface area contributed by atoms with Crippen molar-refractivity contribution in [2.45, 2.75) is 18.7 Å². The Kier molecular flexibility index (Phi) is 4.41. The second-order valence-corrected chi connectivity index (χ2v) is 3.60. The second-order valence-electron chi connectivity index (χ2n) is 3.33. The van der Waals surface area contributed by atoms with E-state index in [4.69, 9.17) is 22.0 Å². The molecule has 1 N–H and O–H groups in total. The Bertz CT molecular complexity index is 483. The van der Waals surface area contributed by atoms with Gasteiger partial charge in [0.2, 0.25) is 0 Å². The van der Waals surface area contributed by atoms with Crippen LogP contribution in [0.15, 0.2) is 12.1 Å². The van der Waals surface area contributed by atoms with Crippen molar-refractivity contribution < 1.29 is 18.7 Å².